The second-order valence-corrected chi connectivity index (χ2v) is 5.70. The molecule has 0 aromatic carbocycles. The lowest BCUT2D eigenvalue weighted by Gasteiger charge is -2.17. The van der Waals surface area contributed by atoms with E-state index in [1.165, 1.54) is 5.56 Å². The molecule has 0 aliphatic carbocycles. The quantitative estimate of drug-likeness (QED) is 0.755. The third kappa shape index (κ3) is 2.51. The Kier molecular flexibility index (Phi) is 3.62. The lowest BCUT2D eigenvalue weighted by atomic mass is 9.97. The fourth-order valence-electron chi connectivity index (χ4n) is 3.14. The number of hydrogen-bond acceptors (Lipinski definition) is 4. The van der Waals surface area contributed by atoms with Gasteiger partial charge in [0.15, 0.2) is 0 Å². The van der Waals surface area contributed by atoms with Gasteiger partial charge in [0.25, 0.3) is 0 Å². The van der Waals surface area contributed by atoms with Crippen LogP contribution in [0, 0.1) is 5.92 Å². The van der Waals surface area contributed by atoms with E-state index in [0.717, 1.165) is 37.2 Å². The Morgan fingerprint density at radius 1 is 1.36 bits per heavy atom. The minimum absolute atomic E-state index is 0.148. The normalized spacial score (nSPS) is 21.6. The molecule has 6 nitrogen and oxygen atoms in total. The van der Waals surface area contributed by atoms with Gasteiger partial charge < -0.3 is 10.1 Å². The SMILES string of the molecule is c1ccn2ncc(CNC[C@H]3CCO[C@@H]3c3cn[nH]c3)c2c1. The van der Waals surface area contributed by atoms with Crippen LogP contribution in [0.3, 0.4) is 0 Å². The number of aromatic amines is 1. The van der Waals surface area contributed by atoms with Gasteiger partial charge in [-0.25, -0.2) is 4.52 Å². The highest BCUT2D eigenvalue weighted by Gasteiger charge is 2.29. The third-order valence-corrected chi connectivity index (χ3v) is 4.29. The topological polar surface area (TPSA) is 67.2 Å². The molecule has 2 N–H and O–H groups in total. The Bertz CT molecular complexity index is 736. The predicted octanol–water partition coefficient (Wildman–Crippen LogP) is 1.92. The highest BCUT2D eigenvalue weighted by molar-refractivity contribution is 5.53. The number of pyridine rings is 1. The van der Waals surface area contributed by atoms with Crippen molar-refractivity contribution in [3.63, 3.8) is 0 Å². The summed E-state index contributed by atoms with van der Waals surface area (Å²) < 4.78 is 7.76. The first-order valence-corrected chi connectivity index (χ1v) is 7.64. The maximum Gasteiger partial charge on any atom is 0.0896 e. The molecule has 0 unspecified atom stereocenters. The van der Waals surface area contributed by atoms with E-state index in [2.05, 4.69) is 26.7 Å². The van der Waals surface area contributed by atoms with Crippen LogP contribution in [-0.4, -0.2) is 33.0 Å². The second-order valence-electron chi connectivity index (χ2n) is 5.70. The van der Waals surface area contributed by atoms with Crippen LogP contribution in [0.25, 0.3) is 5.52 Å². The van der Waals surface area contributed by atoms with E-state index in [-0.39, 0.29) is 6.10 Å². The number of rotatable bonds is 5. The zero-order chi connectivity index (χ0) is 14.8. The van der Waals surface area contributed by atoms with E-state index in [0.29, 0.717) is 5.92 Å². The largest absolute Gasteiger partial charge is 0.373 e. The Labute approximate surface area is 128 Å². The molecule has 1 saturated heterocycles. The number of fused-ring (bicyclic) bond motifs is 1. The Morgan fingerprint density at radius 2 is 2.36 bits per heavy atom. The molecule has 4 heterocycles. The Morgan fingerprint density at radius 3 is 3.27 bits per heavy atom. The van der Waals surface area contributed by atoms with Crippen LogP contribution in [0.4, 0.5) is 0 Å². The van der Waals surface area contributed by atoms with Crippen LogP contribution in [0.2, 0.25) is 0 Å². The van der Waals surface area contributed by atoms with Crippen molar-refractivity contribution in [2.75, 3.05) is 13.2 Å². The van der Waals surface area contributed by atoms with Crippen molar-refractivity contribution in [2.45, 2.75) is 19.1 Å². The maximum absolute atomic E-state index is 5.85. The van der Waals surface area contributed by atoms with Crippen molar-refractivity contribution in [1.29, 1.82) is 0 Å². The Balaban J connectivity index is 1.38. The molecule has 0 amide bonds. The molecule has 2 atom stereocenters. The summed E-state index contributed by atoms with van der Waals surface area (Å²) in [7, 11) is 0. The van der Waals surface area contributed by atoms with Gasteiger partial charge in [0.1, 0.15) is 0 Å². The van der Waals surface area contributed by atoms with Crippen molar-refractivity contribution in [2.24, 2.45) is 5.92 Å². The summed E-state index contributed by atoms with van der Waals surface area (Å²) in [5.74, 6) is 0.486. The molecule has 0 spiro atoms. The molecule has 1 fully saturated rings. The van der Waals surface area contributed by atoms with E-state index >= 15 is 0 Å². The number of nitrogens with one attached hydrogen (secondary N) is 2. The van der Waals surface area contributed by atoms with Crippen molar-refractivity contribution in [3.8, 4) is 0 Å². The van der Waals surface area contributed by atoms with Crippen molar-refractivity contribution in [3.05, 3.63) is 54.1 Å². The van der Waals surface area contributed by atoms with Crippen molar-refractivity contribution < 1.29 is 4.74 Å². The van der Waals surface area contributed by atoms with Crippen molar-refractivity contribution in [1.82, 2.24) is 25.1 Å². The van der Waals surface area contributed by atoms with Crippen LogP contribution >= 0.6 is 0 Å². The van der Waals surface area contributed by atoms with Gasteiger partial charge in [0.2, 0.25) is 0 Å². The Hall–Kier alpha value is -2.18. The fourth-order valence-corrected chi connectivity index (χ4v) is 3.14. The van der Waals surface area contributed by atoms with Crippen LogP contribution in [-0.2, 0) is 11.3 Å². The van der Waals surface area contributed by atoms with E-state index in [9.17, 15) is 0 Å². The first-order chi connectivity index (χ1) is 10.9. The zero-order valence-electron chi connectivity index (χ0n) is 12.3. The molecule has 22 heavy (non-hydrogen) atoms. The van der Waals surface area contributed by atoms with Gasteiger partial charge in [-0.1, -0.05) is 6.07 Å². The number of nitrogens with zero attached hydrogens (tertiary/aromatic N) is 3. The van der Waals surface area contributed by atoms with Crippen LogP contribution in [0.1, 0.15) is 23.7 Å². The van der Waals surface area contributed by atoms with Gasteiger partial charge in [0, 0.05) is 49.1 Å². The molecule has 1 aliphatic rings. The molecular weight excluding hydrogens is 278 g/mol. The molecule has 3 aromatic rings. The second kappa shape index (κ2) is 5.90. The molecule has 3 aromatic heterocycles. The molecular formula is C16H19N5O. The van der Waals surface area contributed by atoms with Crippen LogP contribution < -0.4 is 5.32 Å². The summed E-state index contributed by atoms with van der Waals surface area (Å²) in [6.07, 6.45) is 8.91. The molecule has 4 rings (SSSR count). The van der Waals surface area contributed by atoms with E-state index in [1.54, 1.807) is 0 Å². The van der Waals surface area contributed by atoms with E-state index in [4.69, 9.17) is 4.74 Å². The van der Waals surface area contributed by atoms with Gasteiger partial charge in [-0.15, -0.1) is 0 Å². The maximum atomic E-state index is 5.85. The standard InChI is InChI=1S/C16H19N5O/c1-2-5-21-15(3-1)13(11-20-21)8-17-7-12-4-6-22-16(12)14-9-18-19-10-14/h1-3,5,9-12,16-17H,4,6-8H2,(H,18,19)/t12-,16+/m1/s1. The monoisotopic (exact) mass is 297 g/mol. The molecule has 114 valence electrons. The van der Waals surface area contributed by atoms with Gasteiger partial charge in [-0.3, -0.25) is 5.10 Å². The first kappa shape index (κ1) is 13.5. The summed E-state index contributed by atoms with van der Waals surface area (Å²) in [5, 5.41) is 14.8. The fraction of sp³-hybridized carbons (Fsp3) is 0.375. The summed E-state index contributed by atoms with van der Waals surface area (Å²) in [5.41, 5.74) is 3.52. The minimum Gasteiger partial charge on any atom is -0.373 e. The van der Waals surface area contributed by atoms with Gasteiger partial charge in [-0.2, -0.15) is 10.2 Å². The van der Waals surface area contributed by atoms with Crippen molar-refractivity contribution >= 4 is 5.52 Å². The lowest BCUT2D eigenvalue weighted by molar-refractivity contribution is 0.0905. The molecule has 0 saturated carbocycles. The number of ether oxygens (including phenoxy) is 1. The van der Waals surface area contributed by atoms with E-state index < -0.39 is 0 Å². The summed E-state index contributed by atoms with van der Waals surface area (Å²) in [4.78, 5) is 0. The number of aromatic nitrogens is 4. The molecule has 0 radical (unpaired) electrons. The molecule has 6 heteroatoms. The summed E-state index contributed by atoms with van der Waals surface area (Å²) >= 11 is 0. The number of hydrogen-bond donors (Lipinski definition) is 2. The molecule has 0 bridgehead atoms. The average molecular weight is 297 g/mol. The first-order valence-electron chi connectivity index (χ1n) is 7.64. The lowest BCUT2D eigenvalue weighted by Crippen LogP contribution is -2.24. The van der Waals surface area contributed by atoms with Gasteiger partial charge in [0.05, 0.1) is 24.0 Å². The van der Waals surface area contributed by atoms with Gasteiger partial charge >= 0.3 is 0 Å². The summed E-state index contributed by atoms with van der Waals surface area (Å²) in [6, 6.07) is 6.12. The average Bonchev–Trinajstić information content (AvgIpc) is 3.28. The van der Waals surface area contributed by atoms with Gasteiger partial charge in [-0.05, 0) is 18.6 Å². The number of H-pyrrole nitrogens is 1. The summed E-state index contributed by atoms with van der Waals surface area (Å²) in [6.45, 7) is 2.57. The van der Waals surface area contributed by atoms with E-state index in [1.807, 2.05) is 41.4 Å². The highest BCUT2D eigenvalue weighted by Crippen LogP contribution is 2.33. The molecule has 1 aliphatic heterocycles. The smallest absolute Gasteiger partial charge is 0.0896 e. The van der Waals surface area contributed by atoms with Crippen LogP contribution in [0.15, 0.2) is 43.0 Å². The zero-order valence-corrected chi connectivity index (χ0v) is 12.3. The minimum atomic E-state index is 0.148. The van der Waals surface area contributed by atoms with Crippen LogP contribution in [0.5, 0.6) is 0 Å². The third-order valence-electron chi connectivity index (χ3n) is 4.29. The highest BCUT2D eigenvalue weighted by atomic mass is 16.5. The predicted molar refractivity (Wildman–Crippen MR) is 82.3 cm³/mol.